The van der Waals surface area contributed by atoms with Crippen LogP contribution in [0, 0.1) is 5.82 Å². The summed E-state index contributed by atoms with van der Waals surface area (Å²) in [5.41, 5.74) is 0.443. The molecule has 1 heterocycles. The number of amides is 1. The third-order valence-corrected chi connectivity index (χ3v) is 2.82. The lowest BCUT2D eigenvalue weighted by Crippen LogP contribution is -2.47. The van der Waals surface area contributed by atoms with Gasteiger partial charge in [-0.05, 0) is 12.1 Å². The highest BCUT2D eigenvalue weighted by molar-refractivity contribution is 5.99. The Kier molecular flexibility index (Phi) is 2.38. The molecular formula is C11H10FNO3. The van der Waals surface area contributed by atoms with E-state index in [4.69, 9.17) is 5.11 Å². The van der Waals surface area contributed by atoms with Gasteiger partial charge in [0, 0.05) is 24.6 Å². The molecule has 0 bridgehead atoms. The summed E-state index contributed by atoms with van der Waals surface area (Å²) in [5, 5.41) is 8.93. The Labute approximate surface area is 91.3 Å². The molecule has 0 fully saturated rings. The second-order valence-corrected chi connectivity index (χ2v) is 3.74. The molecule has 0 saturated heterocycles. The number of rotatable bonds is 1. The molecule has 1 amide bonds. The summed E-state index contributed by atoms with van der Waals surface area (Å²) in [5.74, 6) is -2.09. The molecular weight excluding hydrogens is 213 g/mol. The van der Waals surface area contributed by atoms with Crippen molar-refractivity contribution in [1.82, 2.24) is 4.90 Å². The number of nitrogens with zero attached hydrogens (tertiary/aromatic N) is 1. The number of aliphatic carboxylic acids is 1. The molecule has 1 aromatic carbocycles. The van der Waals surface area contributed by atoms with Crippen LogP contribution in [0.3, 0.4) is 0 Å². The lowest BCUT2D eigenvalue weighted by atomic mass is 9.93. The summed E-state index contributed by atoms with van der Waals surface area (Å²) in [6, 6.07) is 3.20. The third-order valence-electron chi connectivity index (χ3n) is 2.82. The first-order chi connectivity index (χ1) is 7.52. The molecule has 5 heteroatoms. The first kappa shape index (κ1) is 10.6. The van der Waals surface area contributed by atoms with Crippen LogP contribution in [0.1, 0.15) is 15.9 Å². The van der Waals surface area contributed by atoms with Gasteiger partial charge in [0.25, 0.3) is 5.91 Å². The Morgan fingerprint density at radius 2 is 2.25 bits per heavy atom. The van der Waals surface area contributed by atoms with Crippen molar-refractivity contribution in [3.05, 3.63) is 35.1 Å². The molecule has 4 nitrogen and oxygen atoms in total. The van der Waals surface area contributed by atoms with Crippen LogP contribution in [0.5, 0.6) is 0 Å². The summed E-state index contributed by atoms with van der Waals surface area (Å²) in [6.07, 6.45) is 0.0135. The van der Waals surface area contributed by atoms with Crippen molar-refractivity contribution in [1.29, 1.82) is 0 Å². The van der Waals surface area contributed by atoms with E-state index in [0.717, 1.165) is 4.90 Å². The van der Waals surface area contributed by atoms with E-state index in [1.54, 1.807) is 0 Å². The number of carboxylic acids is 1. The van der Waals surface area contributed by atoms with Crippen molar-refractivity contribution in [3.8, 4) is 0 Å². The van der Waals surface area contributed by atoms with Crippen LogP contribution in [0.4, 0.5) is 4.39 Å². The highest BCUT2D eigenvalue weighted by atomic mass is 19.1. The lowest BCUT2D eigenvalue weighted by molar-refractivity contribution is -0.142. The van der Waals surface area contributed by atoms with Gasteiger partial charge in [0.2, 0.25) is 0 Å². The second kappa shape index (κ2) is 3.59. The third kappa shape index (κ3) is 1.44. The fraction of sp³-hybridized carbons (Fsp3) is 0.273. The number of halogens is 1. The Morgan fingerprint density at radius 3 is 2.88 bits per heavy atom. The maximum atomic E-state index is 13.4. The molecule has 1 aliphatic rings. The molecule has 0 radical (unpaired) electrons. The quantitative estimate of drug-likeness (QED) is 0.769. The number of hydrogen-bond acceptors (Lipinski definition) is 2. The van der Waals surface area contributed by atoms with Crippen LogP contribution in [0.2, 0.25) is 0 Å². The van der Waals surface area contributed by atoms with Crippen molar-refractivity contribution in [2.75, 3.05) is 7.05 Å². The van der Waals surface area contributed by atoms with Crippen LogP contribution >= 0.6 is 0 Å². The van der Waals surface area contributed by atoms with Gasteiger partial charge in [-0.2, -0.15) is 0 Å². The summed E-state index contributed by atoms with van der Waals surface area (Å²) in [6.45, 7) is 0. The predicted molar refractivity (Wildman–Crippen MR) is 53.6 cm³/mol. The topological polar surface area (TPSA) is 57.6 Å². The minimum Gasteiger partial charge on any atom is -0.480 e. The summed E-state index contributed by atoms with van der Waals surface area (Å²) in [4.78, 5) is 23.8. The maximum Gasteiger partial charge on any atom is 0.326 e. The molecule has 2 rings (SSSR count). The molecule has 1 N–H and O–H groups in total. The van der Waals surface area contributed by atoms with Gasteiger partial charge in [-0.15, -0.1) is 0 Å². The van der Waals surface area contributed by atoms with Gasteiger partial charge in [0.15, 0.2) is 0 Å². The summed E-state index contributed by atoms with van der Waals surface area (Å²) in [7, 11) is 1.41. The lowest BCUT2D eigenvalue weighted by Gasteiger charge is -2.31. The maximum absolute atomic E-state index is 13.4. The van der Waals surface area contributed by atoms with E-state index in [9.17, 15) is 14.0 Å². The largest absolute Gasteiger partial charge is 0.480 e. The number of likely N-dealkylation sites (N-methyl/N-ethyl adjacent to an activating group) is 1. The van der Waals surface area contributed by atoms with E-state index < -0.39 is 23.7 Å². The Hall–Kier alpha value is -1.91. The zero-order valence-electron chi connectivity index (χ0n) is 8.61. The normalized spacial score (nSPS) is 19.5. The molecule has 0 saturated carbocycles. The van der Waals surface area contributed by atoms with E-state index >= 15 is 0 Å². The van der Waals surface area contributed by atoms with E-state index in [-0.39, 0.29) is 17.5 Å². The van der Waals surface area contributed by atoms with Crippen LogP contribution < -0.4 is 0 Å². The minimum absolute atomic E-state index is 0.0135. The number of carboxylic acid groups (broad SMARTS) is 1. The summed E-state index contributed by atoms with van der Waals surface area (Å²) >= 11 is 0. The summed E-state index contributed by atoms with van der Waals surface area (Å²) < 4.78 is 13.4. The minimum atomic E-state index is -1.12. The van der Waals surface area contributed by atoms with Gasteiger partial charge < -0.3 is 10.0 Å². The van der Waals surface area contributed by atoms with E-state index in [1.807, 2.05) is 0 Å². The molecule has 0 spiro atoms. The highest BCUT2D eigenvalue weighted by Gasteiger charge is 2.35. The van der Waals surface area contributed by atoms with Crippen LogP contribution in [-0.4, -0.2) is 35.0 Å². The van der Waals surface area contributed by atoms with E-state index in [1.165, 1.54) is 25.2 Å². The highest BCUT2D eigenvalue weighted by Crippen LogP contribution is 2.24. The Balaban J connectivity index is 2.53. The average Bonchev–Trinajstić information content (AvgIpc) is 2.23. The van der Waals surface area contributed by atoms with Gasteiger partial charge in [-0.3, -0.25) is 4.79 Å². The monoisotopic (exact) mass is 223 g/mol. The predicted octanol–water partition coefficient (Wildman–Crippen LogP) is 0.907. The first-order valence-corrected chi connectivity index (χ1v) is 4.79. The zero-order valence-corrected chi connectivity index (χ0v) is 8.61. The molecule has 0 aliphatic carbocycles. The van der Waals surface area contributed by atoms with Crippen molar-refractivity contribution >= 4 is 11.9 Å². The van der Waals surface area contributed by atoms with Crippen molar-refractivity contribution < 1.29 is 19.1 Å². The average molecular weight is 223 g/mol. The van der Waals surface area contributed by atoms with Crippen LogP contribution in [0.25, 0.3) is 0 Å². The van der Waals surface area contributed by atoms with Crippen molar-refractivity contribution in [2.45, 2.75) is 12.5 Å². The zero-order chi connectivity index (χ0) is 11.9. The molecule has 16 heavy (non-hydrogen) atoms. The molecule has 1 atom stereocenters. The molecule has 1 aromatic rings. The van der Waals surface area contributed by atoms with Gasteiger partial charge in [-0.25, -0.2) is 9.18 Å². The van der Waals surface area contributed by atoms with Crippen molar-refractivity contribution in [2.24, 2.45) is 0 Å². The standard InChI is InChI=1S/C11H10FNO3/c1-13-9(11(15)16)5-7-6(10(13)14)3-2-4-8(7)12/h2-4,9H,5H2,1H3,(H,15,16). The SMILES string of the molecule is CN1C(=O)c2cccc(F)c2CC1C(=O)O. The Bertz CT molecular complexity index is 472. The van der Waals surface area contributed by atoms with Crippen LogP contribution in [-0.2, 0) is 11.2 Å². The first-order valence-electron chi connectivity index (χ1n) is 4.79. The van der Waals surface area contributed by atoms with E-state index in [2.05, 4.69) is 0 Å². The fourth-order valence-electron chi connectivity index (χ4n) is 1.88. The van der Waals surface area contributed by atoms with Gasteiger partial charge in [0.05, 0.1) is 0 Å². The van der Waals surface area contributed by atoms with Crippen LogP contribution in [0.15, 0.2) is 18.2 Å². The molecule has 1 aliphatic heterocycles. The molecule has 0 aromatic heterocycles. The van der Waals surface area contributed by atoms with Crippen molar-refractivity contribution in [3.63, 3.8) is 0 Å². The second-order valence-electron chi connectivity index (χ2n) is 3.74. The van der Waals surface area contributed by atoms with Gasteiger partial charge in [0.1, 0.15) is 11.9 Å². The molecule has 84 valence electrons. The van der Waals surface area contributed by atoms with Gasteiger partial charge in [-0.1, -0.05) is 6.07 Å². The van der Waals surface area contributed by atoms with E-state index in [0.29, 0.717) is 0 Å². The van der Waals surface area contributed by atoms with Gasteiger partial charge >= 0.3 is 5.97 Å². The Morgan fingerprint density at radius 1 is 1.56 bits per heavy atom. The fourth-order valence-corrected chi connectivity index (χ4v) is 1.88. The smallest absolute Gasteiger partial charge is 0.326 e. The molecule has 1 unspecified atom stereocenters. The number of hydrogen-bond donors (Lipinski definition) is 1. The number of benzene rings is 1. The number of fused-ring (bicyclic) bond motifs is 1. The number of carbonyl (C=O) groups is 2. The number of carbonyl (C=O) groups excluding carboxylic acids is 1.